The monoisotopic (exact) mass is 326 g/mol. The largest absolute Gasteiger partial charge is 0.394 e. The van der Waals surface area contributed by atoms with Crippen molar-refractivity contribution >= 4 is 0 Å². The van der Waals surface area contributed by atoms with E-state index in [1.165, 1.54) is 0 Å². The minimum absolute atomic E-state index is 0.194. The van der Waals surface area contributed by atoms with Gasteiger partial charge < -0.3 is 50.0 Å². The third-order valence-corrected chi connectivity index (χ3v) is 3.88. The van der Waals surface area contributed by atoms with Crippen molar-refractivity contribution < 1.29 is 50.0 Å². The highest BCUT2D eigenvalue weighted by molar-refractivity contribution is 4.90. The summed E-state index contributed by atoms with van der Waals surface area (Å²) >= 11 is 0. The molecule has 22 heavy (non-hydrogen) atoms. The summed E-state index contributed by atoms with van der Waals surface area (Å²) in [6.07, 6.45) is -12.0. The Bertz CT molecular complexity index is 353. The van der Waals surface area contributed by atoms with Crippen molar-refractivity contribution in [2.24, 2.45) is 0 Å². The van der Waals surface area contributed by atoms with Crippen LogP contribution in [-0.2, 0) is 14.2 Å². The fraction of sp³-hybridized carbons (Fsp3) is 1.00. The van der Waals surface area contributed by atoms with Crippen LogP contribution in [0.4, 0.5) is 0 Å². The van der Waals surface area contributed by atoms with E-state index < -0.39 is 61.7 Å². The molecular formula is C12H22O10. The van der Waals surface area contributed by atoms with E-state index in [2.05, 4.69) is 0 Å². The van der Waals surface area contributed by atoms with Crippen molar-refractivity contribution in [1.82, 2.24) is 0 Å². The summed E-state index contributed by atoms with van der Waals surface area (Å²) in [5, 5.41) is 66.7. The van der Waals surface area contributed by atoms with Crippen LogP contribution in [0, 0.1) is 0 Å². The summed E-state index contributed by atoms with van der Waals surface area (Å²) in [7, 11) is 0. The smallest absolute Gasteiger partial charge is 0.186 e. The number of ether oxygens (including phenoxy) is 3. The lowest BCUT2D eigenvalue weighted by Crippen LogP contribution is -2.60. The molecule has 10 heteroatoms. The molecule has 2 saturated heterocycles. The molecule has 0 radical (unpaired) electrons. The molecule has 0 saturated carbocycles. The highest BCUT2D eigenvalue weighted by Crippen LogP contribution is 2.23. The van der Waals surface area contributed by atoms with E-state index in [9.17, 15) is 30.6 Å². The second-order valence-electron chi connectivity index (χ2n) is 5.45. The molecule has 9 atom stereocenters. The fourth-order valence-corrected chi connectivity index (χ4v) is 2.41. The van der Waals surface area contributed by atoms with Gasteiger partial charge in [0.25, 0.3) is 0 Å². The Labute approximate surface area is 126 Å². The van der Waals surface area contributed by atoms with Gasteiger partial charge in [0.05, 0.1) is 19.8 Å². The van der Waals surface area contributed by atoms with E-state index in [1.807, 2.05) is 0 Å². The summed E-state index contributed by atoms with van der Waals surface area (Å²) < 4.78 is 15.4. The van der Waals surface area contributed by atoms with Crippen LogP contribution >= 0.6 is 0 Å². The van der Waals surface area contributed by atoms with Crippen LogP contribution in [0.1, 0.15) is 0 Å². The summed E-state index contributed by atoms with van der Waals surface area (Å²) in [6.45, 7) is -1.08. The first-order valence-electron chi connectivity index (χ1n) is 6.94. The lowest BCUT2D eigenvalue weighted by Gasteiger charge is -2.41. The standard InChI is InChI=1S/C12H22O10/c13-1-5-8(16)10(18)11(19)12(22-5)21-3-6-9(17)7(15)4(14)2-20-6/h4-19H,1-3H2. The maximum absolute atomic E-state index is 9.78. The Morgan fingerprint density at radius 2 is 1.45 bits per heavy atom. The fourth-order valence-electron chi connectivity index (χ4n) is 2.41. The van der Waals surface area contributed by atoms with E-state index in [0.717, 1.165) is 0 Å². The SMILES string of the molecule is OCC1OC(OCC2OCC(O)C(O)C2O)C(O)C(O)C1O. The van der Waals surface area contributed by atoms with Gasteiger partial charge in [-0.15, -0.1) is 0 Å². The first-order chi connectivity index (χ1) is 10.4. The maximum Gasteiger partial charge on any atom is 0.186 e. The second-order valence-corrected chi connectivity index (χ2v) is 5.45. The molecule has 0 bridgehead atoms. The van der Waals surface area contributed by atoms with Crippen LogP contribution in [0.15, 0.2) is 0 Å². The van der Waals surface area contributed by atoms with Gasteiger partial charge in [0.1, 0.15) is 48.8 Å². The van der Waals surface area contributed by atoms with Crippen molar-refractivity contribution in [3.8, 4) is 0 Å². The van der Waals surface area contributed by atoms with Gasteiger partial charge in [0.15, 0.2) is 6.29 Å². The van der Waals surface area contributed by atoms with Crippen LogP contribution < -0.4 is 0 Å². The molecule has 2 aliphatic heterocycles. The minimum atomic E-state index is -1.57. The van der Waals surface area contributed by atoms with Gasteiger partial charge in [-0.25, -0.2) is 0 Å². The number of aliphatic hydroxyl groups is 7. The van der Waals surface area contributed by atoms with Gasteiger partial charge in [0.2, 0.25) is 0 Å². The van der Waals surface area contributed by atoms with Crippen molar-refractivity contribution in [1.29, 1.82) is 0 Å². The van der Waals surface area contributed by atoms with E-state index in [1.54, 1.807) is 0 Å². The lowest BCUT2D eigenvalue weighted by molar-refractivity contribution is -0.310. The number of rotatable bonds is 4. The van der Waals surface area contributed by atoms with Crippen molar-refractivity contribution in [2.75, 3.05) is 19.8 Å². The highest BCUT2D eigenvalue weighted by Gasteiger charge is 2.45. The Balaban J connectivity index is 1.90. The average Bonchev–Trinajstić information content (AvgIpc) is 2.51. The molecule has 0 spiro atoms. The molecule has 2 heterocycles. The Kier molecular flexibility index (Phi) is 6.07. The molecule has 0 aromatic heterocycles. The molecule has 2 aliphatic rings. The quantitative estimate of drug-likeness (QED) is 0.266. The number of hydrogen-bond acceptors (Lipinski definition) is 10. The van der Waals surface area contributed by atoms with E-state index in [-0.39, 0.29) is 13.2 Å². The highest BCUT2D eigenvalue weighted by atomic mass is 16.7. The molecule has 0 aromatic rings. The predicted octanol–water partition coefficient (Wildman–Crippen LogP) is -4.72. The van der Waals surface area contributed by atoms with Gasteiger partial charge in [-0.2, -0.15) is 0 Å². The third kappa shape index (κ3) is 3.57. The van der Waals surface area contributed by atoms with Crippen LogP contribution in [-0.4, -0.2) is 111 Å². The van der Waals surface area contributed by atoms with Gasteiger partial charge in [-0.05, 0) is 0 Å². The van der Waals surface area contributed by atoms with E-state index in [0.29, 0.717) is 0 Å². The maximum atomic E-state index is 9.78. The number of hydrogen-bond donors (Lipinski definition) is 7. The van der Waals surface area contributed by atoms with Crippen LogP contribution in [0.2, 0.25) is 0 Å². The second kappa shape index (κ2) is 7.45. The zero-order valence-electron chi connectivity index (χ0n) is 11.7. The van der Waals surface area contributed by atoms with E-state index >= 15 is 0 Å². The van der Waals surface area contributed by atoms with Crippen LogP contribution in [0.3, 0.4) is 0 Å². The summed E-state index contributed by atoms with van der Waals surface area (Å²) in [6, 6.07) is 0. The Morgan fingerprint density at radius 1 is 0.818 bits per heavy atom. The van der Waals surface area contributed by atoms with Crippen molar-refractivity contribution in [2.45, 2.75) is 55.1 Å². The van der Waals surface area contributed by atoms with Crippen molar-refractivity contribution in [3.05, 3.63) is 0 Å². The zero-order valence-corrected chi connectivity index (χ0v) is 11.7. The Hall–Kier alpha value is -0.400. The zero-order chi connectivity index (χ0) is 16.4. The predicted molar refractivity (Wildman–Crippen MR) is 67.5 cm³/mol. The summed E-state index contributed by atoms with van der Waals surface area (Å²) in [5.41, 5.74) is 0. The normalized spacial score (nSPS) is 50.0. The first-order valence-corrected chi connectivity index (χ1v) is 6.94. The lowest BCUT2D eigenvalue weighted by atomic mass is 9.99. The average molecular weight is 326 g/mol. The molecule has 7 N–H and O–H groups in total. The first kappa shape index (κ1) is 17.9. The summed E-state index contributed by atoms with van der Waals surface area (Å²) in [4.78, 5) is 0. The van der Waals surface area contributed by atoms with Gasteiger partial charge in [0, 0.05) is 0 Å². The van der Waals surface area contributed by atoms with Gasteiger partial charge >= 0.3 is 0 Å². The molecular weight excluding hydrogens is 304 g/mol. The van der Waals surface area contributed by atoms with Crippen LogP contribution in [0.25, 0.3) is 0 Å². The van der Waals surface area contributed by atoms with Crippen molar-refractivity contribution in [3.63, 3.8) is 0 Å². The molecule has 9 unspecified atom stereocenters. The van der Waals surface area contributed by atoms with E-state index in [4.69, 9.17) is 19.3 Å². The summed E-state index contributed by atoms with van der Waals surface area (Å²) in [5.74, 6) is 0. The molecule has 2 rings (SSSR count). The minimum Gasteiger partial charge on any atom is -0.394 e. The number of aliphatic hydroxyl groups excluding tert-OH is 7. The molecule has 0 aliphatic carbocycles. The molecule has 2 fully saturated rings. The topological polar surface area (TPSA) is 169 Å². The third-order valence-electron chi connectivity index (χ3n) is 3.88. The molecule has 0 aromatic carbocycles. The molecule has 10 nitrogen and oxygen atoms in total. The Morgan fingerprint density at radius 3 is 2.09 bits per heavy atom. The van der Waals surface area contributed by atoms with Gasteiger partial charge in [-0.1, -0.05) is 0 Å². The molecule has 0 amide bonds. The van der Waals surface area contributed by atoms with Crippen LogP contribution in [0.5, 0.6) is 0 Å². The molecule has 130 valence electrons. The van der Waals surface area contributed by atoms with Gasteiger partial charge in [-0.3, -0.25) is 0 Å².